The Labute approximate surface area is 177 Å². The van der Waals surface area contributed by atoms with Crippen molar-refractivity contribution in [3.05, 3.63) is 53.6 Å². The molecular formula is C23H28N2O5. The van der Waals surface area contributed by atoms with Gasteiger partial charge in [0.15, 0.2) is 18.1 Å². The average Bonchev–Trinajstić information content (AvgIpc) is 2.81. The number of benzene rings is 2. The molecular weight excluding hydrogens is 384 g/mol. The summed E-state index contributed by atoms with van der Waals surface area (Å²) >= 11 is 0. The molecule has 0 aliphatic carbocycles. The first-order valence-electron chi connectivity index (χ1n) is 10.1. The number of para-hydroxylation sites is 1. The van der Waals surface area contributed by atoms with Gasteiger partial charge in [-0.3, -0.25) is 9.59 Å². The summed E-state index contributed by atoms with van der Waals surface area (Å²) in [6.45, 7) is 3.97. The highest BCUT2D eigenvalue weighted by Gasteiger charge is 2.25. The minimum absolute atomic E-state index is 0.000633. The first-order valence-corrected chi connectivity index (χ1v) is 10.1. The van der Waals surface area contributed by atoms with Crippen molar-refractivity contribution in [1.82, 2.24) is 9.80 Å². The molecule has 0 N–H and O–H groups in total. The normalized spacial score (nSPS) is 13.7. The Morgan fingerprint density at radius 3 is 2.20 bits per heavy atom. The molecule has 0 atom stereocenters. The van der Waals surface area contributed by atoms with Gasteiger partial charge < -0.3 is 24.0 Å². The molecule has 2 aromatic carbocycles. The minimum atomic E-state index is -0.0869. The van der Waals surface area contributed by atoms with Crippen LogP contribution in [0.4, 0.5) is 0 Å². The number of hydrogen-bond donors (Lipinski definition) is 0. The lowest BCUT2D eigenvalue weighted by Gasteiger charge is -2.34. The third-order valence-corrected chi connectivity index (χ3v) is 5.25. The molecule has 0 radical (unpaired) electrons. The quantitative estimate of drug-likeness (QED) is 0.699. The fourth-order valence-corrected chi connectivity index (χ4v) is 3.48. The predicted octanol–water partition coefficient (Wildman–Crippen LogP) is 2.63. The largest absolute Gasteiger partial charge is 0.493 e. The Hall–Kier alpha value is -3.22. The summed E-state index contributed by atoms with van der Waals surface area (Å²) in [5.74, 6) is 1.68. The van der Waals surface area contributed by atoms with Crippen molar-refractivity contribution in [2.75, 3.05) is 47.0 Å². The second-order valence-electron chi connectivity index (χ2n) is 6.99. The number of nitrogens with zero attached hydrogens (tertiary/aromatic N) is 2. The van der Waals surface area contributed by atoms with Crippen LogP contribution in [0.2, 0.25) is 0 Å². The van der Waals surface area contributed by atoms with Gasteiger partial charge in [-0.1, -0.05) is 25.1 Å². The number of carbonyl (C=O) groups excluding carboxylic acids is 2. The monoisotopic (exact) mass is 412 g/mol. The van der Waals surface area contributed by atoms with Crippen LogP contribution < -0.4 is 14.2 Å². The fourth-order valence-electron chi connectivity index (χ4n) is 3.48. The molecule has 0 bridgehead atoms. The molecule has 0 aromatic heterocycles. The van der Waals surface area contributed by atoms with E-state index >= 15 is 0 Å². The fraction of sp³-hybridized carbons (Fsp3) is 0.391. The topological polar surface area (TPSA) is 68.3 Å². The summed E-state index contributed by atoms with van der Waals surface area (Å²) in [6.07, 6.45) is 0.849. The van der Waals surface area contributed by atoms with Crippen LogP contribution in [0.5, 0.6) is 17.2 Å². The van der Waals surface area contributed by atoms with E-state index in [1.807, 2.05) is 24.3 Å². The maximum Gasteiger partial charge on any atom is 0.260 e. The summed E-state index contributed by atoms with van der Waals surface area (Å²) in [7, 11) is 3.09. The van der Waals surface area contributed by atoms with Crippen LogP contribution in [0.3, 0.4) is 0 Å². The zero-order valence-corrected chi connectivity index (χ0v) is 17.7. The van der Waals surface area contributed by atoms with E-state index in [-0.39, 0.29) is 18.4 Å². The summed E-state index contributed by atoms with van der Waals surface area (Å²) in [5.41, 5.74) is 1.61. The van der Waals surface area contributed by atoms with Gasteiger partial charge in [0.25, 0.3) is 11.8 Å². The lowest BCUT2D eigenvalue weighted by Crippen LogP contribution is -2.51. The molecule has 0 saturated carbocycles. The molecule has 1 aliphatic heterocycles. The average molecular weight is 412 g/mol. The van der Waals surface area contributed by atoms with Gasteiger partial charge in [-0.2, -0.15) is 0 Å². The Morgan fingerprint density at radius 2 is 1.53 bits per heavy atom. The molecule has 2 aromatic rings. The Kier molecular flexibility index (Phi) is 7.17. The van der Waals surface area contributed by atoms with Crippen molar-refractivity contribution >= 4 is 11.8 Å². The molecule has 160 valence electrons. The molecule has 30 heavy (non-hydrogen) atoms. The van der Waals surface area contributed by atoms with E-state index in [9.17, 15) is 9.59 Å². The Morgan fingerprint density at radius 1 is 0.867 bits per heavy atom. The van der Waals surface area contributed by atoms with Crippen LogP contribution in [0.15, 0.2) is 42.5 Å². The third kappa shape index (κ3) is 4.84. The van der Waals surface area contributed by atoms with Crippen molar-refractivity contribution < 1.29 is 23.8 Å². The first-order chi connectivity index (χ1) is 14.6. The van der Waals surface area contributed by atoms with Crippen LogP contribution in [0, 0.1) is 0 Å². The van der Waals surface area contributed by atoms with Gasteiger partial charge >= 0.3 is 0 Å². The van der Waals surface area contributed by atoms with Crippen LogP contribution >= 0.6 is 0 Å². The maximum absolute atomic E-state index is 12.8. The van der Waals surface area contributed by atoms with Gasteiger partial charge in [0.2, 0.25) is 0 Å². The van der Waals surface area contributed by atoms with Gasteiger partial charge in [0, 0.05) is 31.7 Å². The van der Waals surface area contributed by atoms with Crippen molar-refractivity contribution in [3.8, 4) is 17.2 Å². The number of methoxy groups -OCH3 is 2. The summed E-state index contributed by atoms with van der Waals surface area (Å²) in [5, 5.41) is 0. The molecule has 7 nitrogen and oxygen atoms in total. The Bertz CT molecular complexity index is 891. The van der Waals surface area contributed by atoms with Crippen LogP contribution in [0.25, 0.3) is 0 Å². The van der Waals surface area contributed by atoms with Crippen LogP contribution in [-0.2, 0) is 11.2 Å². The minimum Gasteiger partial charge on any atom is -0.493 e. The first kappa shape index (κ1) is 21.5. The van der Waals surface area contributed by atoms with E-state index in [0.717, 1.165) is 17.7 Å². The van der Waals surface area contributed by atoms with Gasteiger partial charge in [-0.25, -0.2) is 0 Å². The third-order valence-electron chi connectivity index (χ3n) is 5.25. The molecule has 0 unspecified atom stereocenters. The van der Waals surface area contributed by atoms with Crippen molar-refractivity contribution in [3.63, 3.8) is 0 Å². The van der Waals surface area contributed by atoms with Gasteiger partial charge in [0.1, 0.15) is 5.75 Å². The van der Waals surface area contributed by atoms with Crippen molar-refractivity contribution in [2.24, 2.45) is 0 Å². The van der Waals surface area contributed by atoms with E-state index in [0.29, 0.717) is 43.2 Å². The second-order valence-corrected chi connectivity index (χ2v) is 6.99. The van der Waals surface area contributed by atoms with E-state index in [2.05, 4.69) is 6.92 Å². The maximum atomic E-state index is 12.8. The second kappa shape index (κ2) is 10.0. The summed E-state index contributed by atoms with van der Waals surface area (Å²) in [4.78, 5) is 28.9. The van der Waals surface area contributed by atoms with E-state index in [1.165, 1.54) is 7.11 Å². The number of hydrogen-bond acceptors (Lipinski definition) is 5. The van der Waals surface area contributed by atoms with E-state index in [1.54, 1.807) is 35.1 Å². The predicted molar refractivity (Wildman–Crippen MR) is 113 cm³/mol. The number of amides is 2. The molecule has 1 saturated heterocycles. The lowest BCUT2D eigenvalue weighted by molar-refractivity contribution is -0.134. The van der Waals surface area contributed by atoms with Gasteiger partial charge in [-0.15, -0.1) is 0 Å². The van der Waals surface area contributed by atoms with Crippen molar-refractivity contribution in [1.29, 1.82) is 0 Å². The van der Waals surface area contributed by atoms with E-state index < -0.39 is 0 Å². The highest BCUT2D eigenvalue weighted by Crippen LogP contribution is 2.28. The molecule has 1 heterocycles. The zero-order valence-electron chi connectivity index (χ0n) is 17.7. The number of rotatable bonds is 7. The number of aryl methyl sites for hydroxylation is 1. The Balaban J connectivity index is 1.54. The summed E-state index contributed by atoms with van der Waals surface area (Å²) < 4.78 is 16.2. The van der Waals surface area contributed by atoms with Crippen molar-refractivity contribution in [2.45, 2.75) is 13.3 Å². The lowest BCUT2D eigenvalue weighted by atomic mass is 10.1. The smallest absolute Gasteiger partial charge is 0.260 e. The number of ether oxygens (including phenoxy) is 3. The SMILES string of the molecule is CCc1ccccc1OCC(=O)N1CCN(C(=O)c2ccc(OC)c(OC)c2)CC1. The number of carbonyl (C=O) groups is 2. The molecule has 0 spiro atoms. The molecule has 1 fully saturated rings. The van der Waals surface area contributed by atoms with Crippen LogP contribution in [-0.4, -0.2) is 68.6 Å². The highest BCUT2D eigenvalue weighted by molar-refractivity contribution is 5.95. The number of piperazine rings is 1. The zero-order chi connectivity index (χ0) is 21.5. The molecule has 7 heteroatoms. The summed E-state index contributed by atoms with van der Waals surface area (Å²) in [6, 6.07) is 12.9. The highest BCUT2D eigenvalue weighted by atomic mass is 16.5. The van der Waals surface area contributed by atoms with Gasteiger partial charge in [-0.05, 0) is 36.2 Å². The molecule has 3 rings (SSSR count). The molecule has 1 aliphatic rings. The molecule has 2 amide bonds. The standard InChI is InChI=1S/C23H28N2O5/c1-4-17-7-5-6-8-19(17)30-16-22(26)24-11-13-25(14-12-24)23(27)18-9-10-20(28-2)21(15-18)29-3/h5-10,15H,4,11-14,16H2,1-3H3. The van der Waals surface area contributed by atoms with Crippen LogP contribution in [0.1, 0.15) is 22.8 Å². The van der Waals surface area contributed by atoms with Gasteiger partial charge in [0.05, 0.1) is 14.2 Å². The van der Waals surface area contributed by atoms with E-state index in [4.69, 9.17) is 14.2 Å².